The minimum absolute atomic E-state index is 0.108. The van der Waals surface area contributed by atoms with Gasteiger partial charge < -0.3 is 34.2 Å². The van der Waals surface area contributed by atoms with Crippen LogP contribution in [0.3, 0.4) is 0 Å². The molecule has 0 aromatic rings. The summed E-state index contributed by atoms with van der Waals surface area (Å²) in [5.41, 5.74) is 0. The second-order valence-corrected chi connectivity index (χ2v) is 25.2. The van der Waals surface area contributed by atoms with Crippen molar-refractivity contribution in [1.82, 2.24) is 0 Å². The van der Waals surface area contributed by atoms with Crippen LogP contribution in [0.15, 0.2) is 72.9 Å². The average Bonchev–Trinajstić information content (AvgIpc) is 3.55. The lowest BCUT2D eigenvalue weighted by Crippen LogP contribution is -2.30. The number of esters is 3. The van der Waals surface area contributed by atoms with Gasteiger partial charge in [0, 0.05) is 19.3 Å². The highest BCUT2D eigenvalue weighted by Crippen LogP contribution is 2.45. The molecule has 0 saturated heterocycles. The molecule has 0 aromatic heterocycles. The van der Waals surface area contributed by atoms with Crippen molar-refractivity contribution in [3.63, 3.8) is 0 Å². The Hall–Kier alpha value is -3.01. The van der Waals surface area contributed by atoms with Gasteiger partial charge in [-0.3, -0.25) is 32.5 Å². The summed E-state index contributed by atoms with van der Waals surface area (Å²) in [6, 6.07) is 0. The van der Waals surface area contributed by atoms with Crippen molar-refractivity contribution in [3.8, 4) is 0 Å². The van der Waals surface area contributed by atoms with Crippen molar-refractivity contribution in [2.75, 3.05) is 39.6 Å². The van der Waals surface area contributed by atoms with Crippen LogP contribution in [0.25, 0.3) is 0 Å². The molecule has 5 unspecified atom stereocenters. The van der Waals surface area contributed by atoms with Crippen molar-refractivity contribution >= 4 is 33.6 Å². The smallest absolute Gasteiger partial charge is 0.463 e. The molecule has 0 bridgehead atoms. The van der Waals surface area contributed by atoms with Crippen LogP contribution in [0.5, 0.6) is 0 Å². The molecule has 16 nitrogen and oxygen atoms in total. The van der Waals surface area contributed by atoms with E-state index in [0.717, 1.165) is 122 Å². The molecule has 494 valence electrons. The van der Waals surface area contributed by atoms with E-state index in [0.29, 0.717) is 19.3 Å². The Bertz CT molecular complexity index is 1850. The first-order valence-electron chi connectivity index (χ1n) is 33.2. The molecule has 4 N–H and O–H groups in total. The summed E-state index contributed by atoms with van der Waals surface area (Å²) in [7, 11) is -9.75. The number of carbonyl (C=O) groups is 3. The number of phosphoric ester groups is 2. The fraction of sp³-hybridized carbons (Fsp3) is 0.776. The van der Waals surface area contributed by atoms with E-state index in [-0.39, 0.29) is 19.3 Å². The number of hydrogen-bond donors (Lipinski definition) is 4. The highest BCUT2D eigenvalue weighted by Gasteiger charge is 2.29. The van der Waals surface area contributed by atoms with Gasteiger partial charge in [0.2, 0.25) is 0 Å². The Morgan fingerprint density at radius 2 is 0.635 bits per heavy atom. The standard InChI is InChI=1S/C67H120O16P2/c1-4-7-10-13-16-19-22-23-24-25-26-27-28-29-30-31-32-33-34-35-36-37-40-42-44-47-50-53-65(70)77-56-62(68)57-79-84(73,74)80-58-63(69)59-81-85(75,76)82-61-64(83-67(72)55-52-49-46-43-39-21-18-15-12-9-6-3)60-78-66(71)54-51-48-45-41-38-20-17-14-11-8-5-2/h7,10,14,16-17,19,23-24,26-27,29-30,62-64,68-69H,4-6,8-9,11-13,15,18,20-22,25,28,31-61H2,1-3H3,(H,73,74)(H,75,76)/b10-7-,17-14-,19-16-,24-23-,27-26-,30-29-. The summed E-state index contributed by atoms with van der Waals surface area (Å²) in [6.45, 7) is 2.50. The van der Waals surface area contributed by atoms with E-state index in [1.165, 1.54) is 96.3 Å². The van der Waals surface area contributed by atoms with Crippen LogP contribution in [0.2, 0.25) is 0 Å². The summed E-state index contributed by atoms with van der Waals surface area (Å²) in [5, 5.41) is 20.5. The zero-order valence-corrected chi connectivity index (χ0v) is 55.1. The molecule has 0 radical (unpaired) electrons. The SMILES string of the molecule is CC/C=C\C/C=C\C/C=C\C/C=C\C/C=C\CCCCCCCCCCCCCC(=O)OCC(O)COP(=O)(O)OCC(O)COP(=O)(O)OCC(COC(=O)CCCCCCC/C=C\CCCC)OC(=O)CCCCCCCCCCCCC. The van der Waals surface area contributed by atoms with E-state index in [1.807, 2.05) is 0 Å². The summed E-state index contributed by atoms with van der Waals surface area (Å²) in [4.78, 5) is 58.1. The van der Waals surface area contributed by atoms with E-state index in [1.54, 1.807) is 0 Å². The molecule has 85 heavy (non-hydrogen) atoms. The monoisotopic (exact) mass is 1240 g/mol. The summed E-state index contributed by atoms with van der Waals surface area (Å²) in [5.74, 6) is -1.58. The Labute approximate surface area is 515 Å². The van der Waals surface area contributed by atoms with Gasteiger partial charge in [-0.05, 0) is 83.5 Å². The van der Waals surface area contributed by atoms with Crippen LogP contribution in [0.1, 0.15) is 278 Å². The summed E-state index contributed by atoms with van der Waals surface area (Å²) in [6.07, 6.45) is 62.7. The highest BCUT2D eigenvalue weighted by atomic mass is 31.2. The topological polar surface area (TPSA) is 231 Å². The largest absolute Gasteiger partial charge is 0.472 e. The molecule has 0 aromatic carbocycles. The van der Waals surface area contributed by atoms with Crippen molar-refractivity contribution in [3.05, 3.63) is 72.9 Å². The lowest BCUT2D eigenvalue weighted by molar-refractivity contribution is -0.161. The van der Waals surface area contributed by atoms with E-state index in [4.69, 9.17) is 32.3 Å². The highest BCUT2D eigenvalue weighted by molar-refractivity contribution is 7.47. The van der Waals surface area contributed by atoms with Gasteiger partial charge in [-0.25, -0.2) is 9.13 Å². The third kappa shape index (κ3) is 62.4. The molecule has 0 amide bonds. The molecular formula is C67H120O16P2. The fourth-order valence-electron chi connectivity index (χ4n) is 8.81. The maximum atomic E-state index is 12.8. The number of phosphoric acid groups is 2. The zero-order chi connectivity index (χ0) is 62.4. The molecule has 5 atom stereocenters. The van der Waals surface area contributed by atoms with Gasteiger partial charge in [0.25, 0.3) is 0 Å². The molecule has 0 rings (SSSR count). The molecule has 0 fully saturated rings. The van der Waals surface area contributed by atoms with Gasteiger partial charge in [-0.2, -0.15) is 0 Å². The van der Waals surface area contributed by atoms with Crippen molar-refractivity contribution in [2.24, 2.45) is 0 Å². The van der Waals surface area contributed by atoms with Gasteiger partial charge in [0.05, 0.1) is 26.4 Å². The number of aliphatic hydroxyl groups excluding tert-OH is 2. The third-order valence-electron chi connectivity index (χ3n) is 13.9. The molecule has 0 saturated carbocycles. The normalized spacial score (nSPS) is 14.8. The minimum atomic E-state index is -4.91. The maximum absolute atomic E-state index is 12.8. The molecule has 0 aliphatic carbocycles. The maximum Gasteiger partial charge on any atom is 0.472 e. The second kappa shape index (κ2) is 61.2. The predicted molar refractivity (Wildman–Crippen MR) is 344 cm³/mol. The Morgan fingerprint density at radius 1 is 0.341 bits per heavy atom. The Kier molecular flexibility index (Phi) is 59.1. The predicted octanol–water partition coefficient (Wildman–Crippen LogP) is 18.0. The van der Waals surface area contributed by atoms with E-state index >= 15 is 0 Å². The van der Waals surface area contributed by atoms with E-state index < -0.39 is 91.5 Å². The fourth-order valence-corrected chi connectivity index (χ4v) is 10.4. The van der Waals surface area contributed by atoms with Crippen LogP contribution < -0.4 is 0 Å². The quantitative estimate of drug-likeness (QED) is 0.0146. The third-order valence-corrected chi connectivity index (χ3v) is 15.8. The number of rotatable bonds is 63. The lowest BCUT2D eigenvalue weighted by Gasteiger charge is -2.21. The number of hydrogen-bond acceptors (Lipinski definition) is 14. The lowest BCUT2D eigenvalue weighted by atomic mass is 10.0. The number of aliphatic hydroxyl groups is 2. The summed E-state index contributed by atoms with van der Waals surface area (Å²) < 4.78 is 60.7. The van der Waals surface area contributed by atoms with Crippen molar-refractivity contribution < 1.29 is 75.8 Å². The summed E-state index contributed by atoms with van der Waals surface area (Å²) >= 11 is 0. The van der Waals surface area contributed by atoms with Gasteiger partial charge in [-0.1, -0.05) is 248 Å². The Balaban J connectivity index is 4.39. The molecule has 0 aliphatic heterocycles. The van der Waals surface area contributed by atoms with Crippen LogP contribution in [-0.2, 0) is 55.8 Å². The van der Waals surface area contributed by atoms with E-state index in [2.05, 4.69) is 93.7 Å². The molecule has 0 aliphatic rings. The van der Waals surface area contributed by atoms with Gasteiger partial charge >= 0.3 is 33.6 Å². The first-order valence-corrected chi connectivity index (χ1v) is 36.2. The van der Waals surface area contributed by atoms with Crippen LogP contribution in [0.4, 0.5) is 0 Å². The van der Waals surface area contributed by atoms with Crippen LogP contribution in [-0.4, -0.2) is 95.9 Å². The molecule has 18 heteroatoms. The number of allylic oxidation sites excluding steroid dienone is 12. The van der Waals surface area contributed by atoms with Gasteiger partial charge in [0.15, 0.2) is 6.10 Å². The first-order chi connectivity index (χ1) is 41.2. The van der Waals surface area contributed by atoms with Crippen molar-refractivity contribution in [2.45, 2.75) is 296 Å². The van der Waals surface area contributed by atoms with Gasteiger partial charge in [-0.15, -0.1) is 0 Å². The number of carbonyl (C=O) groups excluding carboxylic acids is 3. The minimum Gasteiger partial charge on any atom is -0.463 e. The first kappa shape index (κ1) is 82.0. The second-order valence-electron chi connectivity index (χ2n) is 22.2. The number of ether oxygens (including phenoxy) is 3. The average molecular weight is 1240 g/mol. The molecule has 0 heterocycles. The van der Waals surface area contributed by atoms with Crippen molar-refractivity contribution in [1.29, 1.82) is 0 Å². The number of unbranched alkanes of at least 4 members (excludes halogenated alkanes) is 28. The van der Waals surface area contributed by atoms with Crippen LogP contribution in [0, 0.1) is 0 Å². The van der Waals surface area contributed by atoms with Gasteiger partial charge in [0.1, 0.15) is 25.4 Å². The van der Waals surface area contributed by atoms with E-state index in [9.17, 15) is 43.5 Å². The van der Waals surface area contributed by atoms with Crippen LogP contribution >= 0.6 is 15.6 Å². The Morgan fingerprint density at radius 3 is 1.04 bits per heavy atom. The molecule has 0 spiro atoms. The zero-order valence-electron chi connectivity index (χ0n) is 53.3. The molecular weight excluding hydrogens is 1120 g/mol.